The second kappa shape index (κ2) is 3.94. The summed E-state index contributed by atoms with van der Waals surface area (Å²) in [5.74, 6) is 0. The number of halogens is 4. The maximum Gasteiger partial charge on any atom is 0.416 e. The van der Waals surface area contributed by atoms with Crippen LogP contribution in [0.2, 0.25) is 0 Å². The molecule has 0 saturated heterocycles. The fourth-order valence-electron chi connectivity index (χ4n) is 1.72. The van der Waals surface area contributed by atoms with E-state index < -0.39 is 11.7 Å². The Balaban J connectivity index is 2.63. The van der Waals surface area contributed by atoms with E-state index in [4.69, 9.17) is 0 Å². The largest absolute Gasteiger partial charge is 0.416 e. The van der Waals surface area contributed by atoms with E-state index in [2.05, 4.69) is 0 Å². The molecule has 1 unspecified atom stereocenters. The molecule has 1 nitrogen and oxygen atoms in total. The lowest BCUT2D eigenvalue weighted by Crippen LogP contribution is -2.22. The summed E-state index contributed by atoms with van der Waals surface area (Å²) in [5, 5.41) is 0. The van der Waals surface area contributed by atoms with E-state index in [0.717, 1.165) is 6.07 Å². The van der Waals surface area contributed by atoms with Crippen molar-refractivity contribution in [1.82, 2.24) is 4.90 Å². The number of nitrogens with zero attached hydrogens (tertiary/aromatic N) is 1. The average molecular weight is 339 g/mol. The molecule has 1 aromatic carbocycles. The van der Waals surface area contributed by atoms with Crippen LogP contribution in [0.4, 0.5) is 13.2 Å². The molecular weight excluding hydrogens is 330 g/mol. The first kappa shape index (κ1) is 11.8. The van der Waals surface area contributed by atoms with Crippen molar-refractivity contribution in [3.63, 3.8) is 0 Å². The highest BCUT2D eigenvalue weighted by molar-refractivity contribution is 14.1. The van der Waals surface area contributed by atoms with E-state index >= 15 is 0 Å². The molecule has 0 radical (unpaired) electrons. The number of fused-ring (bicyclic) bond motifs is 1. The van der Waals surface area contributed by atoms with E-state index in [1.54, 1.807) is 30.3 Å². The van der Waals surface area contributed by atoms with Crippen molar-refractivity contribution in [2.45, 2.75) is 10.2 Å². The Morgan fingerprint density at radius 3 is 2.62 bits per heavy atom. The zero-order chi connectivity index (χ0) is 11.9. The third-order valence-corrected chi connectivity index (χ3v) is 4.03. The highest BCUT2D eigenvalue weighted by atomic mass is 127. The van der Waals surface area contributed by atoms with Crippen LogP contribution in [0.5, 0.6) is 0 Å². The van der Waals surface area contributed by atoms with Crippen molar-refractivity contribution in [3.8, 4) is 0 Å². The lowest BCUT2D eigenvalue weighted by Gasteiger charge is -2.29. The van der Waals surface area contributed by atoms with Crippen molar-refractivity contribution >= 4 is 28.7 Å². The van der Waals surface area contributed by atoms with Gasteiger partial charge in [-0.1, -0.05) is 34.7 Å². The quantitative estimate of drug-likeness (QED) is 0.392. The van der Waals surface area contributed by atoms with Crippen LogP contribution in [0.25, 0.3) is 6.08 Å². The smallest absolute Gasteiger partial charge is 0.365 e. The number of hydrogen-bond acceptors (Lipinski definition) is 1. The molecule has 1 aliphatic rings. The summed E-state index contributed by atoms with van der Waals surface area (Å²) in [7, 11) is 1.77. The van der Waals surface area contributed by atoms with E-state index in [0.29, 0.717) is 11.1 Å². The van der Waals surface area contributed by atoms with Gasteiger partial charge in [0.2, 0.25) is 0 Å². The van der Waals surface area contributed by atoms with Crippen molar-refractivity contribution in [2.75, 3.05) is 7.05 Å². The zero-order valence-electron chi connectivity index (χ0n) is 8.42. The van der Waals surface area contributed by atoms with Gasteiger partial charge in [-0.3, -0.25) is 0 Å². The molecule has 2 rings (SSSR count). The van der Waals surface area contributed by atoms with Crippen LogP contribution in [-0.2, 0) is 6.18 Å². The maximum absolute atomic E-state index is 12.8. The Morgan fingerprint density at radius 2 is 2.00 bits per heavy atom. The van der Waals surface area contributed by atoms with Crippen LogP contribution >= 0.6 is 22.6 Å². The van der Waals surface area contributed by atoms with Gasteiger partial charge in [0.15, 0.2) is 0 Å². The molecule has 0 fully saturated rings. The molecule has 1 heterocycles. The van der Waals surface area contributed by atoms with E-state index in [9.17, 15) is 13.2 Å². The minimum absolute atomic E-state index is 0.282. The molecule has 1 atom stereocenters. The van der Waals surface area contributed by atoms with E-state index in [1.807, 2.05) is 22.6 Å². The van der Waals surface area contributed by atoms with E-state index in [1.165, 1.54) is 6.07 Å². The van der Waals surface area contributed by atoms with Crippen molar-refractivity contribution in [3.05, 3.63) is 41.1 Å². The molecule has 0 amide bonds. The van der Waals surface area contributed by atoms with Crippen molar-refractivity contribution in [1.29, 1.82) is 0 Å². The van der Waals surface area contributed by atoms with Gasteiger partial charge in [-0.15, -0.1) is 0 Å². The van der Waals surface area contributed by atoms with Gasteiger partial charge in [-0.05, 0) is 17.7 Å². The fourth-order valence-corrected chi connectivity index (χ4v) is 2.60. The molecule has 0 bridgehead atoms. The van der Waals surface area contributed by atoms with Gasteiger partial charge in [0.1, 0.15) is 4.05 Å². The summed E-state index contributed by atoms with van der Waals surface area (Å²) in [5.41, 5.74) is 0.452. The Labute approximate surface area is 105 Å². The van der Waals surface area contributed by atoms with Gasteiger partial charge in [-0.2, -0.15) is 13.2 Å². The molecule has 0 aromatic heterocycles. The summed E-state index contributed by atoms with van der Waals surface area (Å²) in [6, 6.07) is 4.29. The second-order valence-corrected chi connectivity index (χ2v) is 4.80. The van der Waals surface area contributed by atoms with Gasteiger partial charge in [-0.25, -0.2) is 0 Å². The molecule has 1 aromatic rings. The second-order valence-electron chi connectivity index (χ2n) is 3.62. The molecule has 0 N–H and O–H groups in total. The van der Waals surface area contributed by atoms with Gasteiger partial charge in [0.25, 0.3) is 0 Å². The van der Waals surface area contributed by atoms with Crippen LogP contribution in [0, 0.1) is 0 Å². The lowest BCUT2D eigenvalue weighted by atomic mass is 9.98. The van der Waals surface area contributed by atoms with Crippen molar-refractivity contribution < 1.29 is 13.2 Å². The third kappa shape index (κ3) is 1.92. The molecule has 0 saturated carbocycles. The molecule has 86 valence electrons. The third-order valence-electron chi connectivity index (χ3n) is 2.53. The Kier molecular flexibility index (Phi) is 2.90. The summed E-state index contributed by atoms with van der Waals surface area (Å²) in [4.78, 5) is 1.76. The number of benzene rings is 1. The fraction of sp³-hybridized carbons (Fsp3) is 0.273. The molecular formula is C11H9F3IN. The summed E-state index contributed by atoms with van der Waals surface area (Å²) in [6.07, 6.45) is -0.792. The Morgan fingerprint density at radius 1 is 1.31 bits per heavy atom. The number of rotatable bonds is 0. The highest BCUT2D eigenvalue weighted by Crippen LogP contribution is 2.42. The normalized spacial score (nSPS) is 19.8. The topological polar surface area (TPSA) is 3.24 Å². The predicted octanol–water partition coefficient (Wildman–Crippen LogP) is 4.06. The summed E-state index contributed by atoms with van der Waals surface area (Å²) >= 11 is 2.01. The monoisotopic (exact) mass is 339 g/mol. The zero-order valence-corrected chi connectivity index (χ0v) is 10.6. The SMILES string of the molecule is CN1C=Cc2cccc(C(F)(F)F)c2C1I. The van der Waals surface area contributed by atoms with Crippen LogP contribution in [-0.4, -0.2) is 11.9 Å². The van der Waals surface area contributed by atoms with Crippen LogP contribution in [0.3, 0.4) is 0 Å². The highest BCUT2D eigenvalue weighted by Gasteiger charge is 2.36. The van der Waals surface area contributed by atoms with E-state index in [-0.39, 0.29) is 4.05 Å². The van der Waals surface area contributed by atoms with Gasteiger partial charge >= 0.3 is 6.18 Å². The predicted molar refractivity (Wildman–Crippen MR) is 65.0 cm³/mol. The van der Waals surface area contributed by atoms with Crippen LogP contribution < -0.4 is 0 Å². The van der Waals surface area contributed by atoms with Crippen molar-refractivity contribution in [2.24, 2.45) is 0 Å². The molecule has 5 heteroatoms. The first-order valence-electron chi connectivity index (χ1n) is 4.65. The lowest BCUT2D eigenvalue weighted by molar-refractivity contribution is -0.138. The Bertz CT molecular complexity index is 439. The first-order valence-corrected chi connectivity index (χ1v) is 5.90. The Hall–Kier alpha value is -0.720. The maximum atomic E-state index is 12.8. The molecule has 1 aliphatic heterocycles. The average Bonchev–Trinajstić information content (AvgIpc) is 2.21. The first-order chi connectivity index (χ1) is 7.41. The molecule has 16 heavy (non-hydrogen) atoms. The van der Waals surface area contributed by atoms with Gasteiger partial charge < -0.3 is 4.90 Å². The minimum atomic E-state index is -4.29. The van der Waals surface area contributed by atoms with Crippen LogP contribution in [0.1, 0.15) is 20.7 Å². The number of hydrogen-bond donors (Lipinski definition) is 0. The summed E-state index contributed by atoms with van der Waals surface area (Å²) in [6.45, 7) is 0. The summed E-state index contributed by atoms with van der Waals surface area (Å²) < 4.78 is 38.2. The van der Waals surface area contributed by atoms with Crippen LogP contribution in [0.15, 0.2) is 24.4 Å². The standard InChI is InChI=1S/C11H9F3IN/c1-16-6-5-7-3-2-4-8(11(12,13)14)9(7)10(16)15/h2-6,10H,1H3. The van der Waals surface area contributed by atoms with Gasteiger partial charge in [0.05, 0.1) is 5.56 Å². The molecule has 0 aliphatic carbocycles. The number of alkyl halides is 4. The minimum Gasteiger partial charge on any atom is -0.365 e. The van der Waals surface area contributed by atoms with Gasteiger partial charge in [0, 0.05) is 18.8 Å². The molecule has 0 spiro atoms.